The number of aryl methyl sites for hydroxylation is 1. The average Bonchev–Trinajstić information content (AvgIpc) is 3.10. The smallest absolute Gasteiger partial charge is 0.224 e. The zero-order valence-corrected chi connectivity index (χ0v) is 13.4. The molecule has 0 aliphatic heterocycles. The van der Waals surface area contributed by atoms with E-state index in [1.54, 1.807) is 25.4 Å². The van der Waals surface area contributed by atoms with Gasteiger partial charge in [-0.15, -0.1) is 0 Å². The minimum absolute atomic E-state index is 0.112. The van der Waals surface area contributed by atoms with Gasteiger partial charge in [0, 0.05) is 18.4 Å². The summed E-state index contributed by atoms with van der Waals surface area (Å²) in [6.45, 7) is 0. The van der Waals surface area contributed by atoms with Gasteiger partial charge in [-0.05, 0) is 12.1 Å². The molecule has 0 bridgehead atoms. The van der Waals surface area contributed by atoms with Crippen LogP contribution < -0.4 is 10.1 Å². The third-order valence-corrected chi connectivity index (χ3v) is 3.56. The van der Waals surface area contributed by atoms with Crippen LogP contribution in [0.1, 0.15) is 12.3 Å². The van der Waals surface area contributed by atoms with E-state index in [9.17, 15) is 4.79 Å². The number of para-hydroxylation sites is 2. The Hall–Kier alpha value is -3.08. The highest BCUT2D eigenvalue weighted by Crippen LogP contribution is 2.23. The fourth-order valence-electron chi connectivity index (χ4n) is 2.34. The van der Waals surface area contributed by atoms with Crippen molar-refractivity contribution in [3.8, 4) is 17.1 Å². The van der Waals surface area contributed by atoms with Crippen molar-refractivity contribution in [1.82, 2.24) is 4.98 Å². The standard InChI is InChI=1S/C19H18N2O3/c1-23-16-10-6-5-9-15(16)21-18(22)11-12-19-20-13-17(24-19)14-7-3-2-4-8-14/h2-10,13H,11-12H2,1H3,(H,21,22). The van der Waals surface area contributed by atoms with E-state index in [1.165, 1.54) is 0 Å². The first-order valence-corrected chi connectivity index (χ1v) is 7.69. The highest BCUT2D eigenvalue weighted by Gasteiger charge is 2.10. The van der Waals surface area contributed by atoms with E-state index in [0.717, 1.165) is 5.56 Å². The van der Waals surface area contributed by atoms with Crippen molar-refractivity contribution in [3.63, 3.8) is 0 Å². The third-order valence-electron chi connectivity index (χ3n) is 3.56. The monoisotopic (exact) mass is 322 g/mol. The van der Waals surface area contributed by atoms with Crippen LogP contribution in [-0.4, -0.2) is 18.0 Å². The van der Waals surface area contributed by atoms with Gasteiger partial charge in [0.05, 0.1) is 19.0 Å². The van der Waals surface area contributed by atoms with Gasteiger partial charge in [-0.3, -0.25) is 4.79 Å². The molecule has 1 heterocycles. The Bertz CT molecular complexity index is 812. The summed E-state index contributed by atoms with van der Waals surface area (Å²) in [7, 11) is 1.57. The number of hydrogen-bond donors (Lipinski definition) is 1. The number of amides is 1. The molecule has 1 amide bonds. The summed E-state index contributed by atoms with van der Waals surface area (Å²) >= 11 is 0. The number of nitrogens with one attached hydrogen (secondary N) is 1. The Morgan fingerprint density at radius 3 is 2.67 bits per heavy atom. The van der Waals surface area contributed by atoms with Crippen LogP contribution in [0.3, 0.4) is 0 Å². The molecule has 0 atom stereocenters. The highest BCUT2D eigenvalue weighted by atomic mass is 16.5. The van der Waals surface area contributed by atoms with Crippen molar-refractivity contribution in [2.75, 3.05) is 12.4 Å². The summed E-state index contributed by atoms with van der Waals surface area (Å²) < 4.78 is 10.9. The molecule has 5 nitrogen and oxygen atoms in total. The molecule has 3 rings (SSSR count). The molecule has 1 N–H and O–H groups in total. The zero-order chi connectivity index (χ0) is 16.8. The molecule has 0 fully saturated rings. The second-order valence-corrected chi connectivity index (χ2v) is 5.23. The van der Waals surface area contributed by atoms with Gasteiger partial charge in [0.1, 0.15) is 5.75 Å². The molecule has 5 heteroatoms. The van der Waals surface area contributed by atoms with Crippen molar-refractivity contribution in [2.24, 2.45) is 0 Å². The first kappa shape index (κ1) is 15.8. The molecule has 0 radical (unpaired) electrons. The van der Waals surface area contributed by atoms with Gasteiger partial charge in [-0.2, -0.15) is 0 Å². The van der Waals surface area contributed by atoms with E-state index < -0.39 is 0 Å². The number of rotatable bonds is 6. The van der Waals surface area contributed by atoms with Gasteiger partial charge in [0.2, 0.25) is 5.91 Å². The number of carbonyl (C=O) groups excluding carboxylic acids is 1. The number of ether oxygens (including phenoxy) is 1. The lowest BCUT2D eigenvalue weighted by Crippen LogP contribution is -2.13. The van der Waals surface area contributed by atoms with E-state index in [4.69, 9.17) is 9.15 Å². The summed E-state index contributed by atoms with van der Waals surface area (Å²) in [5.74, 6) is 1.77. The predicted molar refractivity (Wildman–Crippen MR) is 91.9 cm³/mol. The van der Waals surface area contributed by atoms with Crippen LogP contribution in [0, 0.1) is 0 Å². The molecule has 0 unspecified atom stereocenters. The molecular weight excluding hydrogens is 304 g/mol. The van der Waals surface area contributed by atoms with E-state index in [2.05, 4.69) is 10.3 Å². The number of methoxy groups -OCH3 is 1. The van der Waals surface area contributed by atoms with Crippen molar-refractivity contribution >= 4 is 11.6 Å². The van der Waals surface area contributed by atoms with E-state index in [1.807, 2.05) is 42.5 Å². The second kappa shape index (κ2) is 7.46. The lowest BCUT2D eigenvalue weighted by Gasteiger charge is -2.09. The first-order chi connectivity index (χ1) is 11.8. The minimum atomic E-state index is -0.112. The van der Waals surface area contributed by atoms with Gasteiger partial charge in [-0.1, -0.05) is 42.5 Å². The number of hydrogen-bond acceptors (Lipinski definition) is 4. The Morgan fingerprint density at radius 2 is 1.88 bits per heavy atom. The summed E-state index contributed by atoms with van der Waals surface area (Å²) in [6.07, 6.45) is 2.41. The molecule has 0 aliphatic rings. The summed E-state index contributed by atoms with van der Waals surface area (Å²) in [5.41, 5.74) is 1.62. The maximum absolute atomic E-state index is 12.1. The molecule has 0 saturated carbocycles. The largest absolute Gasteiger partial charge is 0.495 e. The Kier molecular flexibility index (Phi) is 4.91. The lowest BCUT2D eigenvalue weighted by atomic mass is 10.2. The van der Waals surface area contributed by atoms with Crippen LogP contribution >= 0.6 is 0 Å². The minimum Gasteiger partial charge on any atom is -0.495 e. The normalized spacial score (nSPS) is 10.4. The molecule has 24 heavy (non-hydrogen) atoms. The van der Waals surface area contributed by atoms with Gasteiger partial charge in [0.25, 0.3) is 0 Å². The average molecular weight is 322 g/mol. The molecule has 0 saturated heterocycles. The predicted octanol–water partition coefficient (Wildman–Crippen LogP) is 3.92. The molecular formula is C19H18N2O3. The van der Waals surface area contributed by atoms with E-state index in [-0.39, 0.29) is 12.3 Å². The van der Waals surface area contributed by atoms with Crippen LogP contribution in [0.25, 0.3) is 11.3 Å². The van der Waals surface area contributed by atoms with Crippen LogP contribution in [0.15, 0.2) is 65.2 Å². The quantitative estimate of drug-likeness (QED) is 0.747. The van der Waals surface area contributed by atoms with Crippen LogP contribution in [0.5, 0.6) is 5.75 Å². The molecule has 122 valence electrons. The zero-order valence-electron chi connectivity index (χ0n) is 13.4. The summed E-state index contributed by atoms with van der Waals surface area (Å²) in [5, 5.41) is 2.84. The number of carbonyl (C=O) groups is 1. The maximum atomic E-state index is 12.1. The Balaban J connectivity index is 1.58. The summed E-state index contributed by atoms with van der Waals surface area (Å²) in [4.78, 5) is 16.3. The molecule has 0 spiro atoms. The number of aromatic nitrogens is 1. The van der Waals surface area contributed by atoms with E-state index >= 15 is 0 Å². The topological polar surface area (TPSA) is 64.4 Å². The maximum Gasteiger partial charge on any atom is 0.224 e. The molecule has 1 aromatic heterocycles. The van der Waals surface area contributed by atoms with Crippen molar-refractivity contribution in [2.45, 2.75) is 12.8 Å². The van der Waals surface area contributed by atoms with Gasteiger partial charge in [0.15, 0.2) is 11.7 Å². The fourth-order valence-corrected chi connectivity index (χ4v) is 2.34. The number of anilines is 1. The van der Waals surface area contributed by atoms with Gasteiger partial charge < -0.3 is 14.5 Å². The van der Waals surface area contributed by atoms with Gasteiger partial charge in [-0.25, -0.2) is 4.98 Å². The first-order valence-electron chi connectivity index (χ1n) is 7.69. The SMILES string of the molecule is COc1ccccc1NC(=O)CCc1ncc(-c2ccccc2)o1. The number of nitrogens with zero attached hydrogens (tertiary/aromatic N) is 1. The Morgan fingerprint density at radius 1 is 1.12 bits per heavy atom. The fraction of sp³-hybridized carbons (Fsp3) is 0.158. The number of oxazole rings is 1. The third kappa shape index (κ3) is 3.81. The molecule has 3 aromatic rings. The van der Waals surface area contributed by atoms with Crippen LogP contribution in [-0.2, 0) is 11.2 Å². The van der Waals surface area contributed by atoms with Crippen molar-refractivity contribution in [3.05, 3.63) is 66.7 Å². The van der Waals surface area contributed by atoms with Crippen LogP contribution in [0.4, 0.5) is 5.69 Å². The highest BCUT2D eigenvalue weighted by molar-refractivity contribution is 5.92. The molecule has 0 aliphatic carbocycles. The van der Waals surface area contributed by atoms with Crippen LogP contribution in [0.2, 0.25) is 0 Å². The second-order valence-electron chi connectivity index (χ2n) is 5.23. The van der Waals surface area contributed by atoms with Crippen molar-refractivity contribution in [1.29, 1.82) is 0 Å². The van der Waals surface area contributed by atoms with Gasteiger partial charge >= 0.3 is 0 Å². The molecule has 2 aromatic carbocycles. The van der Waals surface area contributed by atoms with E-state index in [0.29, 0.717) is 29.5 Å². The lowest BCUT2D eigenvalue weighted by molar-refractivity contribution is -0.116. The Labute approximate surface area is 140 Å². The summed E-state index contributed by atoms with van der Waals surface area (Å²) in [6, 6.07) is 17.0. The van der Waals surface area contributed by atoms with Crippen molar-refractivity contribution < 1.29 is 13.9 Å². The number of benzene rings is 2.